The molecule has 0 heterocycles. The largest absolute Gasteiger partial charge is 0.517 e. The van der Waals surface area contributed by atoms with Gasteiger partial charge in [-0.2, -0.15) is 0 Å². The molecular weight excluding hydrogens is 226 g/mol. The van der Waals surface area contributed by atoms with Crippen LogP contribution in [0.4, 0.5) is 18.6 Å². The molecule has 1 aromatic carbocycles. The lowest BCUT2D eigenvalue weighted by atomic mass is 9.95. The van der Waals surface area contributed by atoms with Gasteiger partial charge in [0, 0.05) is 5.56 Å². The normalized spacial score (nSPS) is 11.2. The lowest BCUT2D eigenvalue weighted by Gasteiger charge is -2.15. The molecule has 0 N–H and O–H groups in total. The molecule has 88 valence electrons. The minimum atomic E-state index is -5.12. The molecule has 0 spiro atoms. The molecule has 0 radical (unpaired) electrons. The maximum absolute atomic E-state index is 11.9. The van der Waals surface area contributed by atoms with Gasteiger partial charge in [0.05, 0.1) is 11.4 Å². The van der Waals surface area contributed by atoms with Crippen molar-refractivity contribution in [3.8, 4) is 5.75 Å². The van der Waals surface area contributed by atoms with Gasteiger partial charge < -0.3 is 17.7 Å². The van der Waals surface area contributed by atoms with Gasteiger partial charge in [0.2, 0.25) is 0 Å². The van der Waals surface area contributed by atoms with Gasteiger partial charge in [-0.1, -0.05) is 12.1 Å². The summed E-state index contributed by atoms with van der Waals surface area (Å²) in [7, 11) is 0. The van der Waals surface area contributed by atoms with Crippen molar-refractivity contribution >= 4 is 12.7 Å². The van der Waals surface area contributed by atoms with E-state index in [2.05, 4.69) is 4.74 Å². The first kappa shape index (κ1) is 12.3. The first-order chi connectivity index (χ1) is 7.31. The molecule has 0 aliphatic rings. The van der Waals surface area contributed by atoms with Crippen molar-refractivity contribution in [3.05, 3.63) is 33.9 Å². The van der Waals surface area contributed by atoms with Crippen molar-refractivity contribution in [2.75, 3.05) is 6.51 Å². The number of hydrogen-bond acceptors (Lipinski definition) is 3. The van der Waals surface area contributed by atoms with Gasteiger partial charge >= 0.3 is 12.7 Å². The zero-order chi connectivity index (χ0) is 12.3. The molecule has 0 aliphatic heterocycles. The zero-order valence-electron chi connectivity index (χ0n) is 8.32. The second kappa shape index (κ2) is 4.42. The monoisotopic (exact) mass is 234 g/mol. The maximum atomic E-state index is 11.9. The summed E-state index contributed by atoms with van der Waals surface area (Å²) in [5.74, 6) is -0.357. The maximum Gasteiger partial charge on any atom is 0.515 e. The van der Waals surface area contributed by atoms with Gasteiger partial charge in [-0.05, 0) is 13.0 Å². The number of nitrogens with zero attached hydrogens (tertiary/aromatic N) is 1. The molecule has 0 amide bonds. The van der Waals surface area contributed by atoms with E-state index in [1.54, 1.807) is 0 Å². The Morgan fingerprint density at radius 1 is 1.44 bits per heavy atom. The van der Waals surface area contributed by atoms with Crippen LogP contribution in [0.3, 0.4) is 0 Å². The summed E-state index contributed by atoms with van der Waals surface area (Å²) < 4.78 is 40.2. The molecule has 8 heteroatoms. The standard InChI is InChI=1S/C8H8BF3NO3/c1-6-3-2-4-7(8(6)13(14)15)16-5-9(10,11)12/h2-4H,5H2,1H3/q-1. The Kier molecular flexibility index (Phi) is 3.41. The Bertz CT molecular complexity index is 408. The van der Waals surface area contributed by atoms with E-state index in [1.165, 1.54) is 19.1 Å². The van der Waals surface area contributed by atoms with Gasteiger partial charge in [0.25, 0.3) is 0 Å². The lowest BCUT2D eigenvalue weighted by molar-refractivity contribution is -0.386. The average Bonchev–Trinajstić information content (AvgIpc) is 2.12. The number of rotatable bonds is 4. The Balaban J connectivity index is 2.96. The number of nitro groups is 1. The third-order valence-electron chi connectivity index (χ3n) is 1.81. The van der Waals surface area contributed by atoms with E-state index in [0.717, 1.165) is 6.07 Å². The van der Waals surface area contributed by atoms with E-state index in [9.17, 15) is 23.1 Å². The van der Waals surface area contributed by atoms with Crippen molar-refractivity contribution in [2.24, 2.45) is 0 Å². The molecule has 16 heavy (non-hydrogen) atoms. The molecule has 0 fully saturated rings. The van der Waals surface area contributed by atoms with Crippen LogP contribution in [0.5, 0.6) is 5.75 Å². The summed E-state index contributed by atoms with van der Waals surface area (Å²) in [6.07, 6.45) is 0. The van der Waals surface area contributed by atoms with Crippen LogP contribution < -0.4 is 4.74 Å². The van der Waals surface area contributed by atoms with Crippen molar-refractivity contribution < 1.29 is 22.6 Å². The number of nitro benzene ring substituents is 1. The Morgan fingerprint density at radius 2 is 2.06 bits per heavy atom. The van der Waals surface area contributed by atoms with Crippen molar-refractivity contribution in [1.82, 2.24) is 0 Å². The summed E-state index contributed by atoms with van der Waals surface area (Å²) in [5, 5.41) is 10.6. The molecule has 0 saturated heterocycles. The number of para-hydroxylation sites is 1. The average molecular weight is 234 g/mol. The number of halogens is 3. The first-order valence-electron chi connectivity index (χ1n) is 4.39. The van der Waals surface area contributed by atoms with Crippen LogP contribution in [-0.2, 0) is 0 Å². The number of aryl methyl sites for hydroxylation is 1. The summed E-state index contributed by atoms with van der Waals surface area (Å²) in [5.41, 5.74) is -0.167. The Hall–Kier alpha value is -1.73. The highest BCUT2D eigenvalue weighted by atomic mass is 19.4. The molecular formula is C8H8BF3NO3-. The van der Waals surface area contributed by atoms with E-state index in [0.29, 0.717) is 0 Å². The molecule has 1 rings (SSSR count). The zero-order valence-corrected chi connectivity index (χ0v) is 8.32. The quantitative estimate of drug-likeness (QED) is 0.457. The van der Waals surface area contributed by atoms with E-state index in [4.69, 9.17) is 0 Å². The number of hydrogen-bond donors (Lipinski definition) is 0. The third kappa shape index (κ3) is 3.14. The van der Waals surface area contributed by atoms with E-state index >= 15 is 0 Å². The predicted molar refractivity (Wildman–Crippen MR) is 52.4 cm³/mol. The lowest BCUT2D eigenvalue weighted by Crippen LogP contribution is -2.26. The molecule has 1 aromatic rings. The highest BCUT2D eigenvalue weighted by molar-refractivity contribution is 6.58. The molecule has 4 nitrogen and oxygen atoms in total. The van der Waals surface area contributed by atoms with Crippen LogP contribution in [0.25, 0.3) is 0 Å². The van der Waals surface area contributed by atoms with Gasteiger partial charge in [-0.15, -0.1) is 0 Å². The van der Waals surface area contributed by atoms with Gasteiger partial charge in [0.15, 0.2) is 5.75 Å². The second-order valence-corrected chi connectivity index (χ2v) is 3.20. The van der Waals surface area contributed by atoms with Crippen LogP contribution in [0.1, 0.15) is 5.56 Å². The van der Waals surface area contributed by atoms with E-state index < -0.39 is 24.1 Å². The molecule has 0 bridgehead atoms. The van der Waals surface area contributed by atoms with Gasteiger partial charge in [0.1, 0.15) is 0 Å². The van der Waals surface area contributed by atoms with Crippen LogP contribution in [-0.4, -0.2) is 18.4 Å². The molecule has 0 aliphatic carbocycles. The third-order valence-corrected chi connectivity index (χ3v) is 1.81. The van der Waals surface area contributed by atoms with Crippen LogP contribution in [0, 0.1) is 17.0 Å². The molecule has 0 atom stereocenters. The van der Waals surface area contributed by atoms with Crippen molar-refractivity contribution in [1.29, 1.82) is 0 Å². The van der Waals surface area contributed by atoms with E-state index in [-0.39, 0.29) is 11.3 Å². The second-order valence-electron chi connectivity index (χ2n) is 3.20. The molecule has 0 unspecified atom stereocenters. The highest BCUT2D eigenvalue weighted by Crippen LogP contribution is 2.30. The van der Waals surface area contributed by atoms with E-state index in [1.807, 2.05) is 0 Å². The SMILES string of the molecule is Cc1cccc(OC[B-](F)(F)F)c1[N+](=O)[O-]. The summed E-state index contributed by atoms with van der Waals surface area (Å²) in [6.45, 7) is -5.17. The van der Waals surface area contributed by atoms with Gasteiger partial charge in [-0.3, -0.25) is 10.1 Å². The minimum absolute atomic E-state index is 0.261. The first-order valence-corrected chi connectivity index (χ1v) is 4.39. The van der Waals surface area contributed by atoms with Crippen LogP contribution in [0.2, 0.25) is 0 Å². The van der Waals surface area contributed by atoms with Gasteiger partial charge in [-0.25, -0.2) is 0 Å². The molecule has 0 saturated carbocycles. The topological polar surface area (TPSA) is 52.4 Å². The summed E-state index contributed by atoms with van der Waals surface area (Å²) in [4.78, 5) is 9.86. The van der Waals surface area contributed by atoms with Crippen molar-refractivity contribution in [3.63, 3.8) is 0 Å². The Labute approximate surface area is 89.2 Å². The minimum Gasteiger partial charge on any atom is -0.517 e. The fourth-order valence-corrected chi connectivity index (χ4v) is 1.17. The predicted octanol–water partition coefficient (Wildman–Crippen LogP) is 2.67. The smallest absolute Gasteiger partial charge is 0.515 e. The highest BCUT2D eigenvalue weighted by Gasteiger charge is 2.26. The van der Waals surface area contributed by atoms with Crippen molar-refractivity contribution in [2.45, 2.75) is 6.92 Å². The van der Waals surface area contributed by atoms with Crippen LogP contribution in [0.15, 0.2) is 18.2 Å². The molecule has 0 aromatic heterocycles. The fourth-order valence-electron chi connectivity index (χ4n) is 1.17. The summed E-state index contributed by atoms with van der Waals surface area (Å²) >= 11 is 0. The number of ether oxygens (including phenoxy) is 1. The fraction of sp³-hybridized carbons (Fsp3) is 0.250. The van der Waals surface area contributed by atoms with Crippen LogP contribution >= 0.6 is 0 Å². The summed E-state index contributed by atoms with van der Waals surface area (Å²) in [6, 6.07) is 3.98. The Morgan fingerprint density at radius 3 is 2.56 bits per heavy atom. The number of benzene rings is 1.